The highest BCUT2D eigenvalue weighted by atomic mass is 19.1. The summed E-state index contributed by atoms with van der Waals surface area (Å²) in [6.07, 6.45) is 0.690. The Kier molecular flexibility index (Phi) is 7.95. The molecular formula is C21H26FN3O3. The zero-order valence-electron chi connectivity index (χ0n) is 16.4. The van der Waals surface area contributed by atoms with Crippen LogP contribution in [0.3, 0.4) is 0 Å². The summed E-state index contributed by atoms with van der Waals surface area (Å²) in [7, 11) is 1.79. The number of hydrogen-bond acceptors (Lipinski definition) is 4. The highest BCUT2D eigenvalue weighted by molar-refractivity contribution is 6.02. The first-order valence-electron chi connectivity index (χ1n) is 9.09. The monoisotopic (exact) mass is 387 g/mol. The Bertz CT molecular complexity index is 809. The number of imide groups is 1. The number of amides is 3. The van der Waals surface area contributed by atoms with Gasteiger partial charge in [-0.2, -0.15) is 0 Å². The number of nitrogens with one attached hydrogen (secondary N) is 2. The van der Waals surface area contributed by atoms with Gasteiger partial charge in [-0.05, 0) is 68.8 Å². The van der Waals surface area contributed by atoms with Crippen LogP contribution in [-0.2, 0) is 4.79 Å². The van der Waals surface area contributed by atoms with Crippen LogP contribution in [0.5, 0.6) is 5.75 Å². The van der Waals surface area contributed by atoms with Crippen LogP contribution in [0.1, 0.15) is 17.5 Å². The number of halogens is 1. The standard InChI is InChI=1S/C21H26FN3O3/c1-15-6-4-7-19(16(15)2)23-21(27)24-20(26)14-25(3)12-5-13-28-18-10-8-17(22)9-11-18/h4,6-11H,5,12-14H2,1-3H3,(H2,23,24,26,27). The second kappa shape index (κ2) is 10.4. The molecule has 0 spiro atoms. The molecule has 0 heterocycles. The molecule has 2 aromatic carbocycles. The van der Waals surface area contributed by atoms with Crippen LogP contribution in [0.4, 0.5) is 14.9 Å². The fourth-order valence-corrected chi connectivity index (χ4v) is 2.59. The van der Waals surface area contributed by atoms with Gasteiger partial charge in [-0.3, -0.25) is 15.0 Å². The van der Waals surface area contributed by atoms with Crippen molar-refractivity contribution in [2.24, 2.45) is 0 Å². The maximum atomic E-state index is 12.8. The molecule has 2 N–H and O–H groups in total. The fourth-order valence-electron chi connectivity index (χ4n) is 2.59. The Morgan fingerprint density at radius 2 is 1.82 bits per heavy atom. The third kappa shape index (κ3) is 7.00. The molecule has 0 aliphatic carbocycles. The van der Waals surface area contributed by atoms with Crippen molar-refractivity contribution in [2.45, 2.75) is 20.3 Å². The first-order chi connectivity index (χ1) is 13.3. The van der Waals surface area contributed by atoms with Crippen LogP contribution < -0.4 is 15.4 Å². The van der Waals surface area contributed by atoms with Crippen LogP contribution >= 0.6 is 0 Å². The van der Waals surface area contributed by atoms with E-state index in [1.54, 1.807) is 30.1 Å². The number of rotatable bonds is 8. The Morgan fingerprint density at radius 1 is 1.11 bits per heavy atom. The summed E-state index contributed by atoms with van der Waals surface area (Å²) in [6.45, 7) is 5.03. The molecule has 0 unspecified atom stereocenters. The number of carbonyl (C=O) groups is 2. The number of anilines is 1. The lowest BCUT2D eigenvalue weighted by molar-refractivity contribution is -0.120. The minimum Gasteiger partial charge on any atom is -0.494 e. The van der Waals surface area contributed by atoms with Gasteiger partial charge < -0.3 is 10.1 Å². The fraction of sp³-hybridized carbons (Fsp3) is 0.333. The van der Waals surface area contributed by atoms with Gasteiger partial charge in [-0.1, -0.05) is 12.1 Å². The molecule has 150 valence electrons. The van der Waals surface area contributed by atoms with Crippen molar-refractivity contribution in [3.63, 3.8) is 0 Å². The summed E-state index contributed by atoms with van der Waals surface area (Å²) in [6, 6.07) is 10.9. The van der Waals surface area contributed by atoms with E-state index >= 15 is 0 Å². The van der Waals surface area contributed by atoms with Crippen molar-refractivity contribution in [2.75, 3.05) is 32.1 Å². The van der Waals surface area contributed by atoms with E-state index in [-0.39, 0.29) is 18.3 Å². The molecule has 2 rings (SSSR count). The van der Waals surface area contributed by atoms with E-state index in [4.69, 9.17) is 4.74 Å². The van der Waals surface area contributed by atoms with E-state index in [0.717, 1.165) is 11.1 Å². The zero-order valence-corrected chi connectivity index (χ0v) is 16.4. The van der Waals surface area contributed by atoms with E-state index in [0.29, 0.717) is 31.0 Å². The molecule has 0 atom stereocenters. The molecule has 0 bridgehead atoms. The van der Waals surface area contributed by atoms with E-state index in [1.165, 1.54) is 12.1 Å². The van der Waals surface area contributed by atoms with Crippen molar-refractivity contribution < 1.29 is 18.7 Å². The normalized spacial score (nSPS) is 10.6. The quantitative estimate of drug-likeness (QED) is 0.680. The Labute approximate surface area is 164 Å². The predicted molar refractivity (Wildman–Crippen MR) is 107 cm³/mol. The molecule has 0 aliphatic rings. The van der Waals surface area contributed by atoms with Gasteiger partial charge in [0.2, 0.25) is 5.91 Å². The van der Waals surface area contributed by atoms with Gasteiger partial charge in [0.15, 0.2) is 0 Å². The molecule has 28 heavy (non-hydrogen) atoms. The van der Waals surface area contributed by atoms with E-state index < -0.39 is 6.03 Å². The zero-order chi connectivity index (χ0) is 20.5. The summed E-state index contributed by atoms with van der Waals surface area (Å²) in [5.41, 5.74) is 2.70. The highest BCUT2D eigenvalue weighted by Gasteiger charge is 2.12. The molecule has 0 saturated carbocycles. The van der Waals surface area contributed by atoms with Crippen LogP contribution in [0, 0.1) is 19.7 Å². The summed E-state index contributed by atoms with van der Waals surface area (Å²) in [5, 5.41) is 5.02. The van der Waals surface area contributed by atoms with Gasteiger partial charge in [0.1, 0.15) is 11.6 Å². The Hall–Kier alpha value is -2.93. The molecular weight excluding hydrogens is 361 g/mol. The number of carbonyl (C=O) groups excluding carboxylic acids is 2. The average Bonchev–Trinajstić information content (AvgIpc) is 2.64. The van der Waals surface area contributed by atoms with Crippen molar-refractivity contribution in [1.29, 1.82) is 0 Å². The third-order valence-corrected chi connectivity index (χ3v) is 4.29. The van der Waals surface area contributed by atoms with Gasteiger partial charge in [0.25, 0.3) is 0 Å². The number of likely N-dealkylation sites (N-methyl/N-ethyl adjacent to an activating group) is 1. The predicted octanol–water partition coefficient (Wildman–Crippen LogP) is 3.49. The Morgan fingerprint density at radius 3 is 2.54 bits per heavy atom. The number of aryl methyl sites for hydroxylation is 1. The van der Waals surface area contributed by atoms with Crippen molar-refractivity contribution in [3.8, 4) is 5.75 Å². The van der Waals surface area contributed by atoms with Gasteiger partial charge in [0, 0.05) is 12.2 Å². The van der Waals surface area contributed by atoms with E-state index in [2.05, 4.69) is 10.6 Å². The highest BCUT2D eigenvalue weighted by Crippen LogP contribution is 2.17. The molecule has 0 aromatic heterocycles. The maximum absolute atomic E-state index is 12.8. The molecule has 0 fully saturated rings. The number of ether oxygens (including phenoxy) is 1. The number of urea groups is 1. The molecule has 0 radical (unpaired) electrons. The smallest absolute Gasteiger partial charge is 0.325 e. The molecule has 2 aromatic rings. The first-order valence-corrected chi connectivity index (χ1v) is 9.09. The second-order valence-electron chi connectivity index (χ2n) is 6.64. The SMILES string of the molecule is Cc1cccc(NC(=O)NC(=O)CN(C)CCCOc2ccc(F)cc2)c1C. The average molecular weight is 387 g/mol. The van der Waals surface area contributed by atoms with E-state index in [1.807, 2.05) is 26.0 Å². The second-order valence-corrected chi connectivity index (χ2v) is 6.64. The maximum Gasteiger partial charge on any atom is 0.325 e. The van der Waals surface area contributed by atoms with Gasteiger partial charge >= 0.3 is 6.03 Å². The molecule has 0 aliphatic heterocycles. The van der Waals surface area contributed by atoms with Crippen LogP contribution in [0.25, 0.3) is 0 Å². The minimum atomic E-state index is -0.549. The topological polar surface area (TPSA) is 70.7 Å². The largest absolute Gasteiger partial charge is 0.494 e. The summed E-state index contributed by atoms with van der Waals surface area (Å²) < 4.78 is 18.3. The molecule has 6 nitrogen and oxygen atoms in total. The lowest BCUT2D eigenvalue weighted by Crippen LogP contribution is -2.41. The number of hydrogen-bond donors (Lipinski definition) is 2. The Balaban J connectivity index is 1.66. The number of nitrogens with zero attached hydrogens (tertiary/aromatic N) is 1. The van der Waals surface area contributed by atoms with Crippen molar-refractivity contribution in [3.05, 3.63) is 59.4 Å². The summed E-state index contributed by atoms with van der Waals surface area (Å²) in [5.74, 6) is -0.0886. The molecule has 3 amide bonds. The van der Waals surface area contributed by atoms with Gasteiger partial charge in [0.05, 0.1) is 13.2 Å². The molecule has 7 heteroatoms. The van der Waals surface area contributed by atoms with E-state index in [9.17, 15) is 14.0 Å². The lowest BCUT2D eigenvalue weighted by Gasteiger charge is -2.16. The van der Waals surface area contributed by atoms with Crippen LogP contribution in [0.15, 0.2) is 42.5 Å². The van der Waals surface area contributed by atoms with Crippen molar-refractivity contribution >= 4 is 17.6 Å². The summed E-state index contributed by atoms with van der Waals surface area (Å²) >= 11 is 0. The minimum absolute atomic E-state index is 0.0940. The first kappa shape index (κ1) is 21.4. The summed E-state index contributed by atoms with van der Waals surface area (Å²) in [4.78, 5) is 25.8. The lowest BCUT2D eigenvalue weighted by atomic mass is 10.1. The molecule has 0 saturated heterocycles. The van der Waals surface area contributed by atoms with Crippen LogP contribution in [0.2, 0.25) is 0 Å². The third-order valence-electron chi connectivity index (χ3n) is 4.29. The van der Waals surface area contributed by atoms with Crippen LogP contribution in [-0.4, -0.2) is 43.6 Å². The van der Waals surface area contributed by atoms with Gasteiger partial charge in [-0.25, -0.2) is 9.18 Å². The number of benzene rings is 2. The van der Waals surface area contributed by atoms with Gasteiger partial charge in [-0.15, -0.1) is 0 Å². The van der Waals surface area contributed by atoms with Crippen molar-refractivity contribution in [1.82, 2.24) is 10.2 Å².